The van der Waals surface area contributed by atoms with Crippen LogP contribution in [0.2, 0.25) is 0 Å². The molecular formula is C80H155NO5. The fourth-order valence-corrected chi connectivity index (χ4v) is 12.7. The SMILES string of the molecule is CCCCCCCC/C=C\CCCCCCCC(=O)OCCCCCCCCCCCCCCCCCCCCCCCCCCCCCCCCCCC(=O)NC(CO)C(O)/C=C/CCCCCCCCCCCCCCCCCCCCCC. The van der Waals surface area contributed by atoms with Gasteiger partial charge in [0.25, 0.3) is 0 Å². The van der Waals surface area contributed by atoms with Gasteiger partial charge in [-0.1, -0.05) is 404 Å². The lowest BCUT2D eigenvalue weighted by molar-refractivity contribution is -0.143. The average molecular weight is 1210 g/mol. The highest BCUT2D eigenvalue weighted by molar-refractivity contribution is 5.76. The summed E-state index contributed by atoms with van der Waals surface area (Å²) in [6.45, 7) is 4.95. The quantitative estimate of drug-likeness (QED) is 0.0320. The summed E-state index contributed by atoms with van der Waals surface area (Å²) in [6.07, 6.45) is 97.3. The minimum absolute atomic E-state index is 0.0140. The Balaban J connectivity index is 3.35. The second-order valence-electron chi connectivity index (χ2n) is 27.4. The number of amides is 1. The number of hydrogen-bond acceptors (Lipinski definition) is 5. The number of aliphatic hydroxyl groups excluding tert-OH is 2. The normalized spacial score (nSPS) is 12.6. The van der Waals surface area contributed by atoms with Crippen LogP contribution in [0.1, 0.15) is 450 Å². The van der Waals surface area contributed by atoms with Gasteiger partial charge in [0.15, 0.2) is 0 Å². The Bertz CT molecular complexity index is 1350. The van der Waals surface area contributed by atoms with E-state index in [9.17, 15) is 19.8 Å². The number of esters is 1. The number of unbranched alkanes of at least 4 members (excludes halogenated alkanes) is 62. The van der Waals surface area contributed by atoms with E-state index >= 15 is 0 Å². The molecule has 0 saturated carbocycles. The fraction of sp³-hybridized carbons (Fsp3) is 0.925. The van der Waals surface area contributed by atoms with E-state index in [1.807, 2.05) is 6.08 Å². The first kappa shape index (κ1) is 84.3. The van der Waals surface area contributed by atoms with E-state index < -0.39 is 12.1 Å². The summed E-state index contributed by atoms with van der Waals surface area (Å²) in [5.41, 5.74) is 0. The van der Waals surface area contributed by atoms with E-state index in [-0.39, 0.29) is 18.5 Å². The van der Waals surface area contributed by atoms with Crippen LogP contribution in [-0.2, 0) is 14.3 Å². The molecule has 0 aliphatic carbocycles. The van der Waals surface area contributed by atoms with Gasteiger partial charge in [-0.05, 0) is 57.8 Å². The van der Waals surface area contributed by atoms with Crippen molar-refractivity contribution in [3.8, 4) is 0 Å². The molecule has 86 heavy (non-hydrogen) atoms. The van der Waals surface area contributed by atoms with Gasteiger partial charge in [0.05, 0.1) is 25.4 Å². The molecule has 3 N–H and O–H groups in total. The second-order valence-corrected chi connectivity index (χ2v) is 27.4. The molecule has 0 rings (SSSR count). The highest BCUT2D eigenvalue weighted by Crippen LogP contribution is 2.20. The molecule has 0 aliphatic rings. The molecule has 2 unspecified atom stereocenters. The van der Waals surface area contributed by atoms with Crippen molar-refractivity contribution in [1.82, 2.24) is 5.32 Å². The predicted octanol–water partition coefficient (Wildman–Crippen LogP) is 26.0. The van der Waals surface area contributed by atoms with Crippen LogP contribution in [0, 0.1) is 0 Å². The van der Waals surface area contributed by atoms with Crippen molar-refractivity contribution < 1.29 is 24.5 Å². The van der Waals surface area contributed by atoms with E-state index in [2.05, 4.69) is 31.3 Å². The van der Waals surface area contributed by atoms with Gasteiger partial charge >= 0.3 is 5.97 Å². The monoisotopic (exact) mass is 1210 g/mol. The van der Waals surface area contributed by atoms with Gasteiger partial charge in [0.2, 0.25) is 5.91 Å². The highest BCUT2D eigenvalue weighted by atomic mass is 16.5. The number of ether oxygens (including phenoxy) is 1. The standard InChI is InChI=1S/C80H155NO5/c1-3-5-7-9-11-13-15-17-19-20-21-22-35-38-41-45-48-52-56-60-64-68-72-78(83)77(76-82)81-79(84)73-69-65-61-57-53-49-46-42-39-36-33-31-29-27-25-23-24-26-28-30-32-34-37-40-43-47-51-55-59-63-67-71-75-86-80(85)74-70-66-62-58-54-50-44-18-16-14-12-10-8-6-4-2/h18,44,68,72,77-78,82-83H,3-17,19-43,45-67,69-71,73-76H2,1-2H3,(H,81,84)/b44-18-,72-68+. The molecule has 0 spiro atoms. The van der Waals surface area contributed by atoms with Crippen LogP contribution < -0.4 is 5.32 Å². The Kier molecular flexibility index (Phi) is 74.3. The molecule has 6 heteroatoms. The van der Waals surface area contributed by atoms with E-state index in [0.29, 0.717) is 19.4 Å². The third-order valence-electron chi connectivity index (χ3n) is 18.7. The van der Waals surface area contributed by atoms with E-state index in [0.717, 1.165) is 44.9 Å². The topological polar surface area (TPSA) is 95.9 Å². The van der Waals surface area contributed by atoms with Crippen LogP contribution in [-0.4, -0.2) is 47.4 Å². The lowest BCUT2D eigenvalue weighted by atomic mass is 10.0. The number of carbonyl (C=O) groups is 2. The van der Waals surface area contributed by atoms with Crippen LogP contribution >= 0.6 is 0 Å². The zero-order valence-electron chi connectivity index (χ0n) is 58.6. The van der Waals surface area contributed by atoms with Crippen LogP contribution in [0.5, 0.6) is 0 Å². The smallest absolute Gasteiger partial charge is 0.305 e. The van der Waals surface area contributed by atoms with Crippen LogP contribution in [0.4, 0.5) is 0 Å². The summed E-state index contributed by atoms with van der Waals surface area (Å²) in [5, 5.41) is 23.3. The highest BCUT2D eigenvalue weighted by Gasteiger charge is 2.18. The maximum Gasteiger partial charge on any atom is 0.305 e. The Labute approximate surface area is 539 Å². The van der Waals surface area contributed by atoms with Gasteiger partial charge in [-0.25, -0.2) is 0 Å². The Morgan fingerprint density at radius 2 is 0.547 bits per heavy atom. The Hall–Kier alpha value is -1.66. The van der Waals surface area contributed by atoms with Gasteiger partial charge in [0, 0.05) is 12.8 Å². The van der Waals surface area contributed by atoms with Crippen molar-refractivity contribution in [2.75, 3.05) is 13.2 Å². The van der Waals surface area contributed by atoms with Crippen molar-refractivity contribution in [2.45, 2.75) is 463 Å². The van der Waals surface area contributed by atoms with Crippen molar-refractivity contribution in [3.05, 3.63) is 24.3 Å². The lowest BCUT2D eigenvalue weighted by Gasteiger charge is -2.20. The molecule has 0 aromatic rings. The molecule has 0 saturated heterocycles. The molecule has 510 valence electrons. The maximum atomic E-state index is 12.5. The van der Waals surface area contributed by atoms with Crippen molar-refractivity contribution >= 4 is 11.9 Å². The molecule has 0 fully saturated rings. The summed E-state index contributed by atoms with van der Waals surface area (Å²) in [4.78, 5) is 24.6. The third-order valence-corrected chi connectivity index (χ3v) is 18.7. The summed E-state index contributed by atoms with van der Waals surface area (Å²) in [6, 6.07) is -0.625. The average Bonchev–Trinajstić information content (AvgIpc) is 3.54. The molecule has 0 radical (unpaired) electrons. The minimum Gasteiger partial charge on any atom is -0.466 e. The van der Waals surface area contributed by atoms with E-state index in [1.54, 1.807) is 6.08 Å². The van der Waals surface area contributed by atoms with Crippen LogP contribution in [0.15, 0.2) is 24.3 Å². The van der Waals surface area contributed by atoms with Gasteiger partial charge in [-0.2, -0.15) is 0 Å². The Morgan fingerprint density at radius 1 is 0.314 bits per heavy atom. The molecule has 0 heterocycles. The molecular weight excluding hydrogens is 1050 g/mol. The van der Waals surface area contributed by atoms with Crippen molar-refractivity contribution in [1.29, 1.82) is 0 Å². The number of carbonyl (C=O) groups excluding carboxylic acids is 2. The number of nitrogens with one attached hydrogen (secondary N) is 1. The maximum absolute atomic E-state index is 12.5. The summed E-state index contributed by atoms with van der Waals surface area (Å²) in [5.74, 6) is -0.0445. The van der Waals surface area contributed by atoms with E-state index in [4.69, 9.17) is 4.74 Å². The van der Waals surface area contributed by atoms with Gasteiger partial charge in [-0.15, -0.1) is 0 Å². The van der Waals surface area contributed by atoms with Gasteiger partial charge < -0.3 is 20.3 Å². The molecule has 0 aromatic heterocycles. The van der Waals surface area contributed by atoms with Gasteiger partial charge in [0.1, 0.15) is 0 Å². The summed E-state index contributed by atoms with van der Waals surface area (Å²) >= 11 is 0. The largest absolute Gasteiger partial charge is 0.466 e. The molecule has 1 amide bonds. The zero-order valence-corrected chi connectivity index (χ0v) is 58.6. The number of allylic oxidation sites excluding steroid dienone is 3. The second kappa shape index (κ2) is 75.8. The Morgan fingerprint density at radius 3 is 0.826 bits per heavy atom. The summed E-state index contributed by atoms with van der Waals surface area (Å²) < 4.78 is 5.50. The molecule has 2 atom stereocenters. The fourth-order valence-electron chi connectivity index (χ4n) is 12.7. The van der Waals surface area contributed by atoms with Crippen LogP contribution in [0.3, 0.4) is 0 Å². The lowest BCUT2D eigenvalue weighted by Crippen LogP contribution is -2.45. The molecule has 6 nitrogen and oxygen atoms in total. The van der Waals surface area contributed by atoms with Crippen LogP contribution in [0.25, 0.3) is 0 Å². The van der Waals surface area contributed by atoms with Gasteiger partial charge in [-0.3, -0.25) is 9.59 Å². The number of aliphatic hydroxyl groups is 2. The van der Waals surface area contributed by atoms with Crippen molar-refractivity contribution in [3.63, 3.8) is 0 Å². The third kappa shape index (κ3) is 71.4. The molecule has 0 bridgehead atoms. The molecule has 0 aromatic carbocycles. The van der Waals surface area contributed by atoms with E-state index in [1.165, 1.54) is 379 Å². The number of rotatable bonds is 75. The minimum atomic E-state index is -0.842. The summed E-state index contributed by atoms with van der Waals surface area (Å²) in [7, 11) is 0. The first-order chi connectivity index (χ1) is 42.5. The van der Waals surface area contributed by atoms with Crippen molar-refractivity contribution in [2.24, 2.45) is 0 Å². The first-order valence-corrected chi connectivity index (χ1v) is 39.6. The zero-order chi connectivity index (χ0) is 62.0. The molecule has 0 aliphatic heterocycles. The predicted molar refractivity (Wildman–Crippen MR) is 380 cm³/mol. The number of hydrogen-bond donors (Lipinski definition) is 3. The first-order valence-electron chi connectivity index (χ1n) is 39.6.